The Morgan fingerprint density at radius 1 is 1.62 bits per heavy atom. The monoisotopic (exact) mass is 182 g/mol. The lowest BCUT2D eigenvalue weighted by Crippen LogP contribution is -2.18. The van der Waals surface area contributed by atoms with Gasteiger partial charge in [0.15, 0.2) is 5.78 Å². The number of hydrogen-bond donors (Lipinski definition) is 1. The Morgan fingerprint density at radius 2 is 2.31 bits per heavy atom. The fourth-order valence-corrected chi connectivity index (χ4v) is 1.54. The molecule has 0 radical (unpaired) electrons. The van der Waals surface area contributed by atoms with Crippen LogP contribution in [0.5, 0.6) is 0 Å². The van der Waals surface area contributed by atoms with Gasteiger partial charge in [-0.2, -0.15) is 0 Å². The van der Waals surface area contributed by atoms with E-state index < -0.39 is 5.97 Å². The normalized spacial score (nSPS) is 22.2. The minimum Gasteiger partial charge on any atom is -0.481 e. The molecule has 1 aliphatic carbocycles. The van der Waals surface area contributed by atoms with Crippen LogP contribution < -0.4 is 0 Å². The zero-order valence-corrected chi connectivity index (χ0v) is 7.75. The first-order valence-corrected chi connectivity index (χ1v) is 4.60. The van der Waals surface area contributed by atoms with E-state index in [1.54, 1.807) is 6.08 Å². The Balaban J connectivity index is 2.57. The van der Waals surface area contributed by atoms with E-state index >= 15 is 0 Å². The summed E-state index contributed by atoms with van der Waals surface area (Å²) in [4.78, 5) is 21.8. The molecule has 0 aliphatic heterocycles. The molecule has 0 aromatic heterocycles. The van der Waals surface area contributed by atoms with Gasteiger partial charge in [0.2, 0.25) is 0 Å². The second-order valence-electron chi connectivity index (χ2n) is 3.32. The number of carboxylic acids is 1. The van der Waals surface area contributed by atoms with Crippen LogP contribution in [0.25, 0.3) is 0 Å². The van der Waals surface area contributed by atoms with Gasteiger partial charge in [0.1, 0.15) is 0 Å². The van der Waals surface area contributed by atoms with Gasteiger partial charge in [-0.05, 0) is 24.8 Å². The van der Waals surface area contributed by atoms with Gasteiger partial charge in [0, 0.05) is 6.42 Å². The number of rotatable bonds is 3. The highest BCUT2D eigenvalue weighted by Crippen LogP contribution is 2.24. The van der Waals surface area contributed by atoms with Crippen molar-refractivity contribution in [2.45, 2.75) is 32.6 Å². The lowest BCUT2D eigenvalue weighted by molar-refractivity contribution is -0.142. The second kappa shape index (κ2) is 4.21. The molecule has 1 aliphatic rings. The molecule has 0 spiro atoms. The van der Waals surface area contributed by atoms with Crippen LogP contribution in [0.4, 0.5) is 0 Å². The van der Waals surface area contributed by atoms with Gasteiger partial charge in [-0.1, -0.05) is 13.0 Å². The standard InChI is InChI=1S/C10H14O3/c1-2-9(11)7-3-5-8(6-4-7)10(12)13/h3,8H,2,4-6H2,1H3,(H,12,13). The SMILES string of the molecule is CCC(=O)C1=CCC(C(=O)O)CC1. The largest absolute Gasteiger partial charge is 0.481 e. The van der Waals surface area contributed by atoms with E-state index in [0.29, 0.717) is 25.7 Å². The quantitative estimate of drug-likeness (QED) is 0.723. The molecule has 72 valence electrons. The Bertz CT molecular complexity index is 253. The van der Waals surface area contributed by atoms with Crippen molar-refractivity contribution in [2.75, 3.05) is 0 Å². The average molecular weight is 182 g/mol. The number of carboxylic acid groups (broad SMARTS) is 1. The van der Waals surface area contributed by atoms with Crippen LogP contribution in [0.1, 0.15) is 32.6 Å². The summed E-state index contributed by atoms with van der Waals surface area (Å²) in [6.07, 6.45) is 4.05. The summed E-state index contributed by atoms with van der Waals surface area (Å²) in [6.45, 7) is 1.83. The molecule has 13 heavy (non-hydrogen) atoms. The predicted molar refractivity (Wildman–Crippen MR) is 48.4 cm³/mol. The number of aliphatic carboxylic acids is 1. The van der Waals surface area contributed by atoms with Crippen molar-refractivity contribution in [1.29, 1.82) is 0 Å². The van der Waals surface area contributed by atoms with Crippen LogP contribution >= 0.6 is 0 Å². The first-order valence-electron chi connectivity index (χ1n) is 4.60. The summed E-state index contributed by atoms with van der Waals surface area (Å²) < 4.78 is 0. The summed E-state index contributed by atoms with van der Waals surface area (Å²) in [5, 5.41) is 8.71. The smallest absolute Gasteiger partial charge is 0.306 e. The highest BCUT2D eigenvalue weighted by Gasteiger charge is 2.22. The molecule has 0 saturated heterocycles. The maximum atomic E-state index is 11.2. The number of allylic oxidation sites excluding steroid dienone is 2. The van der Waals surface area contributed by atoms with Crippen LogP contribution in [-0.4, -0.2) is 16.9 Å². The first kappa shape index (κ1) is 9.96. The Hall–Kier alpha value is -1.12. The van der Waals surface area contributed by atoms with E-state index in [4.69, 9.17) is 5.11 Å². The minimum atomic E-state index is -0.751. The lowest BCUT2D eigenvalue weighted by atomic mass is 9.87. The fraction of sp³-hybridized carbons (Fsp3) is 0.600. The van der Waals surface area contributed by atoms with E-state index in [9.17, 15) is 9.59 Å². The second-order valence-corrected chi connectivity index (χ2v) is 3.32. The molecule has 0 heterocycles. The summed E-state index contributed by atoms with van der Waals surface area (Å²) >= 11 is 0. The predicted octanol–water partition coefficient (Wildman–Crippen LogP) is 1.78. The van der Waals surface area contributed by atoms with Crippen LogP contribution in [0, 0.1) is 5.92 Å². The zero-order valence-electron chi connectivity index (χ0n) is 7.75. The maximum Gasteiger partial charge on any atom is 0.306 e. The van der Waals surface area contributed by atoms with Crippen molar-refractivity contribution in [1.82, 2.24) is 0 Å². The molecule has 3 nitrogen and oxygen atoms in total. The van der Waals surface area contributed by atoms with E-state index in [0.717, 1.165) is 5.57 Å². The third-order valence-electron chi connectivity index (χ3n) is 2.44. The van der Waals surface area contributed by atoms with Crippen LogP contribution in [-0.2, 0) is 9.59 Å². The number of Topliss-reactive ketones (excluding diaryl/α,β-unsaturated/α-hetero) is 1. The van der Waals surface area contributed by atoms with Crippen LogP contribution in [0.3, 0.4) is 0 Å². The molecule has 1 N–H and O–H groups in total. The summed E-state index contributed by atoms with van der Waals surface area (Å²) in [7, 11) is 0. The topological polar surface area (TPSA) is 54.4 Å². The number of hydrogen-bond acceptors (Lipinski definition) is 2. The van der Waals surface area contributed by atoms with Crippen molar-refractivity contribution < 1.29 is 14.7 Å². The van der Waals surface area contributed by atoms with Gasteiger partial charge in [0.05, 0.1) is 5.92 Å². The third kappa shape index (κ3) is 2.41. The molecular weight excluding hydrogens is 168 g/mol. The third-order valence-corrected chi connectivity index (χ3v) is 2.44. The van der Waals surface area contributed by atoms with Crippen molar-refractivity contribution >= 4 is 11.8 Å². The summed E-state index contributed by atoms with van der Waals surface area (Å²) in [5.74, 6) is -0.878. The molecule has 3 heteroatoms. The average Bonchev–Trinajstić information content (AvgIpc) is 2.17. The maximum absolute atomic E-state index is 11.2. The molecule has 0 amide bonds. The van der Waals surface area contributed by atoms with Gasteiger partial charge in [-0.25, -0.2) is 0 Å². The number of carbonyl (C=O) groups excluding carboxylic acids is 1. The van der Waals surface area contributed by atoms with Gasteiger partial charge >= 0.3 is 5.97 Å². The first-order chi connectivity index (χ1) is 6.15. The fourth-order valence-electron chi connectivity index (χ4n) is 1.54. The van der Waals surface area contributed by atoms with Gasteiger partial charge < -0.3 is 5.11 Å². The lowest BCUT2D eigenvalue weighted by Gasteiger charge is -2.17. The highest BCUT2D eigenvalue weighted by molar-refractivity contribution is 5.95. The van der Waals surface area contributed by atoms with E-state index in [1.807, 2.05) is 6.92 Å². The van der Waals surface area contributed by atoms with Crippen LogP contribution in [0.15, 0.2) is 11.6 Å². The molecule has 1 rings (SSSR count). The van der Waals surface area contributed by atoms with E-state index in [1.165, 1.54) is 0 Å². The molecule has 0 aromatic rings. The molecule has 1 atom stereocenters. The van der Waals surface area contributed by atoms with Crippen LogP contribution in [0.2, 0.25) is 0 Å². The molecule has 0 fully saturated rings. The minimum absolute atomic E-state index is 0.156. The van der Waals surface area contributed by atoms with Crippen molar-refractivity contribution in [3.05, 3.63) is 11.6 Å². The van der Waals surface area contributed by atoms with Gasteiger partial charge in [-0.3, -0.25) is 9.59 Å². The molecule has 0 saturated carbocycles. The Morgan fingerprint density at radius 3 is 2.69 bits per heavy atom. The summed E-state index contributed by atoms with van der Waals surface area (Å²) in [6, 6.07) is 0. The van der Waals surface area contributed by atoms with Gasteiger partial charge in [-0.15, -0.1) is 0 Å². The zero-order chi connectivity index (χ0) is 9.84. The number of carbonyl (C=O) groups is 2. The van der Waals surface area contributed by atoms with E-state index in [-0.39, 0.29) is 11.7 Å². The van der Waals surface area contributed by atoms with Gasteiger partial charge in [0.25, 0.3) is 0 Å². The van der Waals surface area contributed by atoms with E-state index in [2.05, 4.69) is 0 Å². The Kier molecular flexibility index (Phi) is 3.23. The molecule has 0 aromatic carbocycles. The number of ketones is 1. The Labute approximate surface area is 77.4 Å². The highest BCUT2D eigenvalue weighted by atomic mass is 16.4. The van der Waals surface area contributed by atoms with Crippen molar-refractivity contribution in [2.24, 2.45) is 5.92 Å². The van der Waals surface area contributed by atoms with Crippen molar-refractivity contribution in [3.63, 3.8) is 0 Å². The molecule has 1 unspecified atom stereocenters. The molecule has 0 bridgehead atoms. The summed E-state index contributed by atoms with van der Waals surface area (Å²) in [5.41, 5.74) is 0.819. The van der Waals surface area contributed by atoms with Crippen molar-refractivity contribution in [3.8, 4) is 0 Å². The molecular formula is C10H14O3.